The van der Waals surface area contributed by atoms with E-state index in [1.807, 2.05) is 48.5 Å². The van der Waals surface area contributed by atoms with E-state index in [4.69, 9.17) is 14.2 Å². The van der Waals surface area contributed by atoms with E-state index < -0.39 is 29.6 Å². The van der Waals surface area contributed by atoms with Crippen molar-refractivity contribution in [2.24, 2.45) is 0 Å². The summed E-state index contributed by atoms with van der Waals surface area (Å²) in [6, 6.07) is 14.8. The second-order valence-electron chi connectivity index (χ2n) is 8.14. The first-order chi connectivity index (χ1) is 16.4. The predicted octanol–water partition coefficient (Wildman–Crippen LogP) is 2.54. The fourth-order valence-electron chi connectivity index (χ4n) is 4.19. The molecule has 0 fully saturated rings. The molecule has 0 aliphatic heterocycles. The third-order valence-electron chi connectivity index (χ3n) is 6.05. The van der Waals surface area contributed by atoms with Crippen LogP contribution in [-0.2, 0) is 23.8 Å². The molecule has 182 valence electrons. The molecule has 2 atom stereocenters. The normalized spacial score (nSPS) is 14.9. The van der Waals surface area contributed by atoms with Gasteiger partial charge < -0.3 is 30.0 Å². The van der Waals surface area contributed by atoms with Crippen molar-refractivity contribution in [3.63, 3.8) is 0 Å². The molecule has 2 aromatic carbocycles. The number of carbonyl (C=O) groups is 3. The fraction of sp³-hybridized carbons (Fsp3) is 0.400. The van der Waals surface area contributed by atoms with Crippen LogP contribution in [0.4, 0.5) is 4.79 Å². The third-order valence-corrected chi connectivity index (χ3v) is 6.05. The monoisotopic (exact) mass is 470 g/mol. The molecular formula is C25H30N2O7. The number of carboxylic acid groups (broad SMARTS) is 1. The van der Waals surface area contributed by atoms with Gasteiger partial charge in [-0.1, -0.05) is 55.5 Å². The number of rotatable bonds is 11. The molecule has 0 saturated carbocycles. The minimum Gasteiger partial charge on any atom is -0.479 e. The zero-order valence-corrected chi connectivity index (χ0v) is 19.5. The summed E-state index contributed by atoms with van der Waals surface area (Å²) < 4.78 is 15.5. The molecule has 1 aliphatic rings. The van der Waals surface area contributed by atoms with Crippen LogP contribution in [0.15, 0.2) is 48.5 Å². The van der Waals surface area contributed by atoms with Crippen LogP contribution in [-0.4, -0.2) is 68.7 Å². The summed E-state index contributed by atoms with van der Waals surface area (Å²) in [4.78, 5) is 37.2. The molecule has 0 spiro atoms. The molecular weight excluding hydrogens is 440 g/mol. The summed E-state index contributed by atoms with van der Waals surface area (Å²) in [5.41, 5.74) is 2.71. The highest BCUT2D eigenvalue weighted by Gasteiger charge is 2.40. The van der Waals surface area contributed by atoms with Crippen molar-refractivity contribution < 1.29 is 33.7 Å². The number of fused-ring (bicyclic) bond motifs is 3. The Balaban J connectivity index is 1.68. The Bertz CT molecular complexity index is 996. The van der Waals surface area contributed by atoms with Crippen molar-refractivity contribution in [3.05, 3.63) is 59.7 Å². The van der Waals surface area contributed by atoms with Gasteiger partial charge in [0.2, 0.25) is 5.91 Å². The van der Waals surface area contributed by atoms with Gasteiger partial charge in [0.1, 0.15) is 12.6 Å². The first-order valence-electron chi connectivity index (χ1n) is 11.0. The molecule has 0 bridgehead atoms. The van der Waals surface area contributed by atoms with Gasteiger partial charge in [-0.15, -0.1) is 0 Å². The molecule has 1 unspecified atom stereocenters. The number of methoxy groups -OCH3 is 2. The summed E-state index contributed by atoms with van der Waals surface area (Å²) in [5.74, 6) is -2.08. The lowest BCUT2D eigenvalue weighted by atomic mass is 9.96. The Kier molecular flexibility index (Phi) is 8.25. The average molecular weight is 471 g/mol. The summed E-state index contributed by atoms with van der Waals surface area (Å²) in [5, 5.41) is 14.6. The molecule has 1 aliphatic carbocycles. The molecule has 0 aromatic heterocycles. The van der Waals surface area contributed by atoms with Crippen LogP contribution in [0.3, 0.4) is 0 Å². The largest absolute Gasteiger partial charge is 0.479 e. The highest BCUT2D eigenvalue weighted by Crippen LogP contribution is 2.44. The van der Waals surface area contributed by atoms with E-state index >= 15 is 0 Å². The van der Waals surface area contributed by atoms with Crippen molar-refractivity contribution >= 4 is 18.0 Å². The summed E-state index contributed by atoms with van der Waals surface area (Å²) in [7, 11) is 2.72. The number of aliphatic carboxylic acids is 1. The first kappa shape index (κ1) is 25.2. The minimum atomic E-state index is -1.62. The van der Waals surface area contributed by atoms with Crippen LogP contribution >= 0.6 is 0 Å². The van der Waals surface area contributed by atoms with E-state index in [-0.39, 0.29) is 32.2 Å². The molecule has 34 heavy (non-hydrogen) atoms. The SMILES string of the molecule is CCC(COC)(NC(=O)[C@H](COC)NC(=O)OCC1c2ccccc2-c2ccccc21)C(=O)O. The highest BCUT2D eigenvalue weighted by molar-refractivity contribution is 5.91. The highest BCUT2D eigenvalue weighted by atomic mass is 16.5. The quantitative estimate of drug-likeness (QED) is 0.461. The van der Waals surface area contributed by atoms with E-state index in [2.05, 4.69) is 10.6 Å². The Morgan fingerprint density at radius 1 is 1.00 bits per heavy atom. The second kappa shape index (κ2) is 11.1. The lowest BCUT2D eigenvalue weighted by Gasteiger charge is -2.30. The van der Waals surface area contributed by atoms with Gasteiger partial charge in [-0.05, 0) is 28.7 Å². The summed E-state index contributed by atoms with van der Waals surface area (Å²) in [6.45, 7) is 1.31. The molecule has 0 saturated heterocycles. The van der Waals surface area contributed by atoms with E-state index in [1.165, 1.54) is 14.2 Å². The van der Waals surface area contributed by atoms with Gasteiger partial charge in [-0.25, -0.2) is 9.59 Å². The molecule has 2 amide bonds. The van der Waals surface area contributed by atoms with E-state index in [0.717, 1.165) is 22.3 Å². The van der Waals surface area contributed by atoms with Crippen LogP contribution in [0.5, 0.6) is 0 Å². The van der Waals surface area contributed by atoms with E-state index in [9.17, 15) is 19.5 Å². The molecule has 3 N–H and O–H groups in total. The number of benzene rings is 2. The maximum atomic E-state index is 12.8. The van der Waals surface area contributed by atoms with Crippen molar-refractivity contribution in [2.45, 2.75) is 30.8 Å². The lowest BCUT2D eigenvalue weighted by Crippen LogP contribution is -2.62. The Labute approximate surface area is 198 Å². The lowest BCUT2D eigenvalue weighted by molar-refractivity contribution is -0.151. The van der Waals surface area contributed by atoms with Gasteiger partial charge in [0, 0.05) is 20.1 Å². The van der Waals surface area contributed by atoms with Crippen LogP contribution in [0, 0.1) is 0 Å². The number of hydrogen-bond acceptors (Lipinski definition) is 6. The fourth-order valence-corrected chi connectivity index (χ4v) is 4.19. The van der Waals surface area contributed by atoms with Crippen LogP contribution in [0.1, 0.15) is 30.4 Å². The first-order valence-corrected chi connectivity index (χ1v) is 11.0. The molecule has 0 heterocycles. The zero-order chi connectivity index (χ0) is 24.7. The number of ether oxygens (including phenoxy) is 3. The molecule has 0 radical (unpaired) electrons. The van der Waals surface area contributed by atoms with Gasteiger partial charge in [-0.3, -0.25) is 4.79 Å². The second-order valence-corrected chi connectivity index (χ2v) is 8.14. The van der Waals surface area contributed by atoms with Crippen LogP contribution < -0.4 is 10.6 Å². The van der Waals surface area contributed by atoms with E-state index in [1.54, 1.807) is 6.92 Å². The maximum Gasteiger partial charge on any atom is 0.407 e. The van der Waals surface area contributed by atoms with Gasteiger partial charge in [0.25, 0.3) is 0 Å². The third kappa shape index (κ3) is 5.21. The van der Waals surface area contributed by atoms with Gasteiger partial charge in [0.15, 0.2) is 5.54 Å². The summed E-state index contributed by atoms with van der Waals surface area (Å²) >= 11 is 0. The van der Waals surface area contributed by atoms with Crippen molar-refractivity contribution in [1.82, 2.24) is 10.6 Å². The maximum absolute atomic E-state index is 12.8. The topological polar surface area (TPSA) is 123 Å². The number of alkyl carbamates (subject to hydrolysis) is 1. The van der Waals surface area contributed by atoms with Crippen molar-refractivity contribution in [3.8, 4) is 11.1 Å². The van der Waals surface area contributed by atoms with Crippen molar-refractivity contribution in [1.29, 1.82) is 0 Å². The molecule has 2 aromatic rings. The zero-order valence-electron chi connectivity index (χ0n) is 19.5. The average Bonchev–Trinajstić information content (AvgIpc) is 3.15. The number of carbonyl (C=O) groups excluding carboxylic acids is 2. The molecule has 9 nitrogen and oxygen atoms in total. The standard InChI is InChI=1S/C25H30N2O7/c1-4-25(15-33-3,23(29)30)27-22(28)21(14-32-2)26-24(31)34-13-20-18-11-7-5-9-16(18)17-10-6-8-12-19(17)20/h5-12,20-21H,4,13-15H2,1-3H3,(H,26,31)(H,27,28)(H,29,30)/t21-,25?/m0/s1. The van der Waals surface area contributed by atoms with Crippen molar-refractivity contribution in [2.75, 3.05) is 34.0 Å². The number of carboxylic acids is 1. The Morgan fingerprint density at radius 2 is 1.59 bits per heavy atom. The number of amides is 2. The summed E-state index contributed by atoms with van der Waals surface area (Å²) in [6.07, 6.45) is -0.713. The predicted molar refractivity (Wildman–Crippen MR) is 125 cm³/mol. The number of hydrogen-bond donors (Lipinski definition) is 3. The number of nitrogens with one attached hydrogen (secondary N) is 2. The van der Waals surface area contributed by atoms with Gasteiger partial charge in [-0.2, -0.15) is 0 Å². The minimum absolute atomic E-state index is 0.0822. The smallest absolute Gasteiger partial charge is 0.407 e. The Morgan fingerprint density at radius 3 is 2.09 bits per heavy atom. The molecule has 3 rings (SSSR count). The van der Waals surface area contributed by atoms with E-state index in [0.29, 0.717) is 0 Å². The van der Waals surface area contributed by atoms with Gasteiger partial charge in [0.05, 0.1) is 13.2 Å². The van der Waals surface area contributed by atoms with Gasteiger partial charge >= 0.3 is 12.1 Å². The Hall–Kier alpha value is -3.43. The molecule has 9 heteroatoms. The van der Waals surface area contributed by atoms with Crippen LogP contribution in [0.25, 0.3) is 11.1 Å². The van der Waals surface area contributed by atoms with Crippen LogP contribution in [0.2, 0.25) is 0 Å².